The summed E-state index contributed by atoms with van der Waals surface area (Å²) in [6, 6.07) is 9.37. The lowest BCUT2D eigenvalue weighted by atomic mass is 10.1. The Bertz CT molecular complexity index is 568. The highest BCUT2D eigenvalue weighted by Gasteiger charge is 2.34. The van der Waals surface area contributed by atoms with Gasteiger partial charge in [-0.25, -0.2) is 8.42 Å². The van der Waals surface area contributed by atoms with Crippen molar-refractivity contribution in [1.29, 1.82) is 0 Å². The predicted molar refractivity (Wildman–Crippen MR) is 82.4 cm³/mol. The van der Waals surface area contributed by atoms with E-state index in [0.29, 0.717) is 24.0 Å². The molecule has 2 fully saturated rings. The molecule has 2 N–H and O–H groups in total. The van der Waals surface area contributed by atoms with Crippen LogP contribution in [0.1, 0.15) is 19.3 Å². The first-order valence-electron chi connectivity index (χ1n) is 7.64. The van der Waals surface area contributed by atoms with Crippen LogP contribution in [0.2, 0.25) is 0 Å². The summed E-state index contributed by atoms with van der Waals surface area (Å²) in [7, 11) is -3.35. The van der Waals surface area contributed by atoms with Crippen LogP contribution in [0.15, 0.2) is 35.2 Å². The third-order valence-electron chi connectivity index (χ3n) is 4.65. The minimum absolute atomic E-state index is 0.252. The Balaban J connectivity index is 1.66. The van der Waals surface area contributed by atoms with Gasteiger partial charge in [0, 0.05) is 38.3 Å². The summed E-state index contributed by atoms with van der Waals surface area (Å²) < 4.78 is 26.7. The fourth-order valence-electron chi connectivity index (χ4n) is 3.44. The molecular weight excluding hydrogens is 286 g/mol. The first-order chi connectivity index (χ1) is 10.1. The second-order valence-electron chi connectivity index (χ2n) is 5.92. The molecule has 116 valence electrons. The number of piperazine rings is 1. The molecule has 5 nitrogen and oxygen atoms in total. The molecule has 2 unspecified atom stereocenters. The van der Waals surface area contributed by atoms with Gasteiger partial charge in [0.25, 0.3) is 0 Å². The van der Waals surface area contributed by atoms with E-state index in [2.05, 4.69) is 4.90 Å². The zero-order valence-corrected chi connectivity index (χ0v) is 13.0. The van der Waals surface area contributed by atoms with Gasteiger partial charge < -0.3 is 5.73 Å². The van der Waals surface area contributed by atoms with E-state index in [1.807, 2.05) is 6.07 Å². The van der Waals surface area contributed by atoms with E-state index >= 15 is 0 Å². The highest BCUT2D eigenvalue weighted by Crippen LogP contribution is 2.25. The van der Waals surface area contributed by atoms with E-state index in [1.165, 1.54) is 6.42 Å². The van der Waals surface area contributed by atoms with E-state index in [1.54, 1.807) is 28.6 Å². The Morgan fingerprint density at radius 3 is 2.24 bits per heavy atom. The van der Waals surface area contributed by atoms with E-state index < -0.39 is 10.0 Å². The molecule has 1 saturated heterocycles. The molecule has 0 amide bonds. The minimum atomic E-state index is -3.35. The lowest BCUT2D eigenvalue weighted by molar-refractivity contribution is 0.130. The van der Waals surface area contributed by atoms with Crippen molar-refractivity contribution in [2.75, 3.05) is 26.2 Å². The van der Waals surface area contributed by atoms with Gasteiger partial charge in [-0.3, -0.25) is 4.90 Å². The maximum atomic E-state index is 12.6. The molecule has 0 radical (unpaired) electrons. The van der Waals surface area contributed by atoms with Crippen LogP contribution in [0, 0.1) is 0 Å². The number of hydrogen-bond acceptors (Lipinski definition) is 4. The summed E-state index contributed by atoms with van der Waals surface area (Å²) in [5.74, 6) is 0. The van der Waals surface area contributed by atoms with Crippen molar-refractivity contribution in [3.8, 4) is 0 Å². The fraction of sp³-hybridized carbons (Fsp3) is 0.600. The van der Waals surface area contributed by atoms with Crippen molar-refractivity contribution in [3.63, 3.8) is 0 Å². The van der Waals surface area contributed by atoms with E-state index in [-0.39, 0.29) is 6.04 Å². The molecule has 1 aromatic carbocycles. The Labute approximate surface area is 126 Å². The van der Waals surface area contributed by atoms with Gasteiger partial charge in [-0.2, -0.15) is 4.31 Å². The summed E-state index contributed by atoms with van der Waals surface area (Å²) in [6.07, 6.45) is 3.42. The molecule has 1 aromatic rings. The number of rotatable bonds is 3. The summed E-state index contributed by atoms with van der Waals surface area (Å²) >= 11 is 0. The van der Waals surface area contributed by atoms with Crippen LogP contribution in [0.25, 0.3) is 0 Å². The van der Waals surface area contributed by atoms with Gasteiger partial charge in [-0.05, 0) is 25.0 Å². The Kier molecular flexibility index (Phi) is 4.31. The average molecular weight is 309 g/mol. The molecule has 3 rings (SSSR count). The number of benzene rings is 1. The fourth-order valence-corrected chi connectivity index (χ4v) is 4.88. The number of sulfonamides is 1. The second kappa shape index (κ2) is 6.04. The molecular formula is C15H23N3O2S. The maximum absolute atomic E-state index is 12.6. The van der Waals surface area contributed by atoms with Gasteiger partial charge >= 0.3 is 0 Å². The topological polar surface area (TPSA) is 66.6 Å². The zero-order chi connectivity index (χ0) is 14.9. The van der Waals surface area contributed by atoms with Gasteiger partial charge in [0.05, 0.1) is 4.90 Å². The van der Waals surface area contributed by atoms with Crippen molar-refractivity contribution >= 4 is 10.0 Å². The van der Waals surface area contributed by atoms with Crippen molar-refractivity contribution in [3.05, 3.63) is 30.3 Å². The van der Waals surface area contributed by atoms with Gasteiger partial charge in [0.1, 0.15) is 0 Å². The molecule has 21 heavy (non-hydrogen) atoms. The molecule has 0 spiro atoms. The van der Waals surface area contributed by atoms with Crippen LogP contribution in [0.3, 0.4) is 0 Å². The summed E-state index contributed by atoms with van der Waals surface area (Å²) in [5.41, 5.74) is 6.15. The van der Waals surface area contributed by atoms with Crippen molar-refractivity contribution < 1.29 is 8.42 Å². The first-order valence-corrected chi connectivity index (χ1v) is 9.08. The molecule has 0 aromatic heterocycles. The third kappa shape index (κ3) is 2.99. The van der Waals surface area contributed by atoms with E-state index in [9.17, 15) is 8.42 Å². The monoisotopic (exact) mass is 309 g/mol. The normalized spacial score (nSPS) is 28.8. The maximum Gasteiger partial charge on any atom is 0.243 e. The van der Waals surface area contributed by atoms with E-state index in [0.717, 1.165) is 25.9 Å². The predicted octanol–water partition coefficient (Wildman–Crippen LogP) is 0.873. The number of hydrogen-bond donors (Lipinski definition) is 1. The van der Waals surface area contributed by atoms with Crippen LogP contribution >= 0.6 is 0 Å². The van der Waals surface area contributed by atoms with Crippen LogP contribution in [0.4, 0.5) is 0 Å². The van der Waals surface area contributed by atoms with Crippen LogP contribution in [0.5, 0.6) is 0 Å². The average Bonchev–Trinajstić information content (AvgIpc) is 2.94. The van der Waals surface area contributed by atoms with Crippen molar-refractivity contribution in [1.82, 2.24) is 9.21 Å². The van der Waals surface area contributed by atoms with Gasteiger partial charge in [0.15, 0.2) is 0 Å². The molecule has 2 atom stereocenters. The van der Waals surface area contributed by atoms with Gasteiger partial charge in [0.2, 0.25) is 10.0 Å². The van der Waals surface area contributed by atoms with Crippen molar-refractivity contribution in [2.45, 2.75) is 36.2 Å². The molecule has 0 bridgehead atoms. The van der Waals surface area contributed by atoms with E-state index in [4.69, 9.17) is 5.73 Å². The standard InChI is InChI=1S/C15H23N3O2S/c16-14-7-4-8-15(14)17-9-11-18(12-10-17)21(19,20)13-5-2-1-3-6-13/h1-3,5-6,14-15H,4,7-12,16H2. The van der Waals surface area contributed by atoms with Gasteiger partial charge in [-0.1, -0.05) is 24.6 Å². The lowest BCUT2D eigenvalue weighted by Crippen LogP contribution is -2.54. The smallest absolute Gasteiger partial charge is 0.243 e. The SMILES string of the molecule is NC1CCCC1N1CCN(S(=O)(=O)c2ccccc2)CC1. The van der Waals surface area contributed by atoms with Gasteiger partial charge in [-0.15, -0.1) is 0 Å². The number of nitrogens with two attached hydrogens (primary N) is 1. The van der Waals surface area contributed by atoms with Crippen LogP contribution < -0.4 is 5.73 Å². The lowest BCUT2D eigenvalue weighted by Gasteiger charge is -2.38. The summed E-state index contributed by atoms with van der Waals surface area (Å²) in [4.78, 5) is 2.75. The summed E-state index contributed by atoms with van der Waals surface area (Å²) in [5, 5.41) is 0. The Morgan fingerprint density at radius 1 is 1.00 bits per heavy atom. The quantitative estimate of drug-likeness (QED) is 0.900. The second-order valence-corrected chi connectivity index (χ2v) is 7.85. The molecule has 1 saturated carbocycles. The summed E-state index contributed by atoms with van der Waals surface area (Å²) in [6.45, 7) is 2.68. The molecule has 2 aliphatic rings. The molecule has 1 aliphatic carbocycles. The third-order valence-corrected chi connectivity index (χ3v) is 6.57. The molecule has 1 aliphatic heterocycles. The van der Waals surface area contributed by atoms with Crippen LogP contribution in [-0.4, -0.2) is 55.9 Å². The Hall–Kier alpha value is -0.950. The minimum Gasteiger partial charge on any atom is -0.326 e. The van der Waals surface area contributed by atoms with Crippen LogP contribution in [-0.2, 0) is 10.0 Å². The van der Waals surface area contributed by atoms with Crippen molar-refractivity contribution in [2.24, 2.45) is 5.73 Å². The zero-order valence-electron chi connectivity index (χ0n) is 12.2. The molecule has 6 heteroatoms. The molecule has 1 heterocycles. The Morgan fingerprint density at radius 2 is 1.67 bits per heavy atom. The first kappa shape index (κ1) is 15.0. The largest absolute Gasteiger partial charge is 0.326 e. The number of nitrogens with zero attached hydrogens (tertiary/aromatic N) is 2. The highest BCUT2D eigenvalue weighted by atomic mass is 32.2. The highest BCUT2D eigenvalue weighted by molar-refractivity contribution is 7.89.